The highest BCUT2D eigenvalue weighted by atomic mass is 19.1. The Balaban J connectivity index is 2.85. The van der Waals surface area contributed by atoms with Gasteiger partial charge in [-0.3, -0.25) is 4.90 Å². The second-order valence-corrected chi connectivity index (χ2v) is 5.73. The van der Waals surface area contributed by atoms with Crippen LogP contribution in [-0.2, 0) is 6.54 Å². The summed E-state index contributed by atoms with van der Waals surface area (Å²) in [4.78, 5) is 2.29. The number of nitrogens with two attached hydrogens (primary N) is 1. The van der Waals surface area contributed by atoms with Crippen molar-refractivity contribution in [2.24, 2.45) is 11.7 Å². The monoisotopic (exact) mass is 276 g/mol. The Labute approximate surface area is 122 Å². The third kappa shape index (κ3) is 5.32. The molecule has 0 saturated carbocycles. The van der Waals surface area contributed by atoms with E-state index < -0.39 is 0 Å². The minimum Gasteiger partial charge on any atom is -0.320 e. The molecule has 0 amide bonds. The molecule has 2 N–H and O–H groups in total. The third-order valence-corrected chi connectivity index (χ3v) is 3.09. The van der Waals surface area contributed by atoms with Gasteiger partial charge in [-0.05, 0) is 31.9 Å². The molecule has 0 bridgehead atoms. The summed E-state index contributed by atoms with van der Waals surface area (Å²) in [5.41, 5.74) is 6.71. The molecule has 1 aromatic carbocycles. The van der Waals surface area contributed by atoms with Crippen LogP contribution in [0.1, 0.15) is 38.8 Å². The summed E-state index contributed by atoms with van der Waals surface area (Å²) >= 11 is 0. The van der Waals surface area contributed by atoms with Gasteiger partial charge in [0.05, 0.1) is 6.54 Å². The highest BCUT2D eigenvalue weighted by molar-refractivity contribution is 5.37. The maximum Gasteiger partial charge on any atom is 0.128 e. The Bertz CT molecular complexity index is 483. The SMILES string of the molecule is CC(C)CN(Cc1ccc(C#CCN)cc1F)C(C)C. The molecule has 0 atom stereocenters. The van der Waals surface area contributed by atoms with E-state index in [-0.39, 0.29) is 5.82 Å². The molecule has 0 saturated heterocycles. The lowest BCUT2D eigenvalue weighted by molar-refractivity contribution is 0.187. The number of hydrogen-bond donors (Lipinski definition) is 1. The van der Waals surface area contributed by atoms with E-state index in [0.29, 0.717) is 30.6 Å². The fourth-order valence-corrected chi connectivity index (χ4v) is 2.05. The summed E-state index contributed by atoms with van der Waals surface area (Å²) in [6, 6.07) is 5.57. The van der Waals surface area contributed by atoms with E-state index in [9.17, 15) is 4.39 Å². The Hall–Kier alpha value is -1.37. The maximum absolute atomic E-state index is 14.1. The van der Waals surface area contributed by atoms with Crippen molar-refractivity contribution < 1.29 is 4.39 Å². The summed E-state index contributed by atoms with van der Waals surface area (Å²) in [6.07, 6.45) is 0. The van der Waals surface area contributed by atoms with Gasteiger partial charge in [0.25, 0.3) is 0 Å². The van der Waals surface area contributed by atoms with Gasteiger partial charge in [-0.25, -0.2) is 4.39 Å². The molecular formula is C17H25FN2. The van der Waals surface area contributed by atoms with Crippen molar-refractivity contribution in [3.8, 4) is 11.8 Å². The van der Waals surface area contributed by atoms with Gasteiger partial charge in [0.1, 0.15) is 5.82 Å². The van der Waals surface area contributed by atoms with Gasteiger partial charge in [-0.1, -0.05) is 31.8 Å². The van der Waals surface area contributed by atoms with Crippen molar-refractivity contribution in [3.05, 3.63) is 35.1 Å². The number of nitrogens with zero attached hydrogens (tertiary/aromatic N) is 1. The number of halogens is 1. The van der Waals surface area contributed by atoms with Crippen LogP contribution >= 0.6 is 0 Å². The first-order chi connectivity index (χ1) is 9.43. The summed E-state index contributed by atoms with van der Waals surface area (Å²) in [5, 5.41) is 0. The summed E-state index contributed by atoms with van der Waals surface area (Å²) < 4.78 is 14.1. The van der Waals surface area contributed by atoms with E-state index >= 15 is 0 Å². The van der Waals surface area contributed by atoms with Crippen LogP contribution in [0.5, 0.6) is 0 Å². The Morgan fingerprint density at radius 1 is 1.25 bits per heavy atom. The van der Waals surface area contributed by atoms with Gasteiger partial charge < -0.3 is 5.73 Å². The second kappa shape index (κ2) is 8.04. The van der Waals surface area contributed by atoms with Gasteiger partial charge in [0.15, 0.2) is 0 Å². The lowest BCUT2D eigenvalue weighted by Gasteiger charge is -2.28. The molecule has 0 aliphatic heterocycles. The molecule has 0 radical (unpaired) electrons. The van der Waals surface area contributed by atoms with E-state index in [0.717, 1.165) is 12.1 Å². The third-order valence-electron chi connectivity index (χ3n) is 3.09. The molecule has 0 heterocycles. The molecule has 1 rings (SSSR count). The fraction of sp³-hybridized carbons (Fsp3) is 0.529. The summed E-state index contributed by atoms with van der Waals surface area (Å²) in [7, 11) is 0. The molecule has 110 valence electrons. The van der Waals surface area contributed by atoms with Crippen LogP contribution in [0.4, 0.5) is 4.39 Å². The molecule has 0 aliphatic rings. The second-order valence-electron chi connectivity index (χ2n) is 5.73. The van der Waals surface area contributed by atoms with Gasteiger partial charge in [0.2, 0.25) is 0 Å². The first-order valence-electron chi connectivity index (χ1n) is 7.15. The van der Waals surface area contributed by atoms with Crippen LogP contribution in [0.2, 0.25) is 0 Å². The quantitative estimate of drug-likeness (QED) is 0.838. The standard InChI is InChI=1S/C17H25FN2/c1-13(2)11-20(14(3)4)12-16-8-7-15(6-5-9-19)10-17(16)18/h7-8,10,13-14H,9,11-12,19H2,1-4H3. The zero-order valence-corrected chi connectivity index (χ0v) is 12.9. The maximum atomic E-state index is 14.1. The predicted molar refractivity (Wildman–Crippen MR) is 82.7 cm³/mol. The van der Waals surface area contributed by atoms with Crippen LogP contribution in [0.15, 0.2) is 18.2 Å². The van der Waals surface area contributed by atoms with Gasteiger partial charge in [0, 0.05) is 30.3 Å². The van der Waals surface area contributed by atoms with E-state index in [1.807, 2.05) is 12.1 Å². The average Bonchev–Trinajstić information content (AvgIpc) is 2.37. The van der Waals surface area contributed by atoms with E-state index in [2.05, 4.69) is 44.4 Å². The smallest absolute Gasteiger partial charge is 0.128 e. The molecule has 0 aromatic heterocycles. The average molecular weight is 276 g/mol. The highest BCUT2D eigenvalue weighted by Crippen LogP contribution is 2.15. The number of hydrogen-bond acceptors (Lipinski definition) is 2. The Morgan fingerprint density at radius 2 is 1.95 bits per heavy atom. The summed E-state index contributed by atoms with van der Waals surface area (Å²) in [6.45, 7) is 10.5. The first-order valence-corrected chi connectivity index (χ1v) is 7.15. The van der Waals surface area contributed by atoms with Gasteiger partial charge in [-0.15, -0.1) is 0 Å². The summed E-state index contributed by atoms with van der Waals surface area (Å²) in [5.74, 6) is 5.96. The molecule has 20 heavy (non-hydrogen) atoms. The van der Waals surface area contributed by atoms with E-state index in [1.165, 1.54) is 6.07 Å². The lowest BCUT2D eigenvalue weighted by Crippen LogP contribution is -2.33. The minimum atomic E-state index is -0.191. The lowest BCUT2D eigenvalue weighted by atomic mass is 10.1. The fourth-order valence-electron chi connectivity index (χ4n) is 2.05. The molecule has 0 fully saturated rings. The predicted octanol–water partition coefficient (Wildman–Crippen LogP) is 3.00. The largest absolute Gasteiger partial charge is 0.320 e. The number of rotatable bonds is 5. The molecule has 3 heteroatoms. The van der Waals surface area contributed by atoms with Crippen molar-refractivity contribution in [2.75, 3.05) is 13.1 Å². The first kappa shape index (κ1) is 16.7. The molecule has 1 aromatic rings. The van der Waals surface area contributed by atoms with Gasteiger partial charge >= 0.3 is 0 Å². The highest BCUT2D eigenvalue weighted by Gasteiger charge is 2.14. The van der Waals surface area contributed by atoms with E-state index in [1.54, 1.807) is 0 Å². The Kier molecular flexibility index (Phi) is 6.70. The van der Waals surface area contributed by atoms with Crippen molar-refractivity contribution >= 4 is 0 Å². The van der Waals surface area contributed by atoms with Crippen LogP contribution in [-0.4, -0.2) is 24.0 Å². The normalized spacial score (nSPS) is 11.1. The number of benzene rings is 1. The van der Waals surface area contributed by atoms with Crippen LogP contribution < -0.4 is 5.73 Å². The zero-order valence-electron chi connectivity index (χ0n) is 12.9. The molecular weight excluding hydrogens is 251 g/mol. The van der Waals surface area contributed by atoms with Crippen molar-refractivity contribution in [1.82, 2.24) is 4.90 Å². The van der Waals surface area contributed by atoms with Crippen molar-refractivity contribution in [1.29, 1.82) is 0 Å². The molecule has 0 unspecified atom stereocenters. The van der Waals surface area contributed by atoms with Crippen LogP contribution in [0.3, 0.4) is 0 Å². The zero-order chi connectivity index (χ0) is 15.1. The van der Waals surface area contributed by atoms with E-state index in [4.69, 9.17) is 5.73 Å². The van der Waals surface area contributed by atoms with Gasteiger partial charge in [-0.2, -0.15) is 0 Å². The van der Waals surface area contributed by atoms with Crippen molar-refractivity contribution in [3.63, 3.8) is 0 Å². The minimum absolute atomic E-state index is 0.191. The Morgan fingerprint density at radius 3 is 2.45 bits per heavy atom. The van der Waals surface area contributed by atoms with Crippen molar-refractivity contribution in [2.45, 2.75) is 40.3 Å². The van der Waals surface area contributed by atoms with Crippen LogP contribution in [0, 0.1) is 23.6 Å². The molecule has 0 spiro atoms. The molecule has 2 nitrogen and oxygen atoms in total. The van der Waals surface area contributed by atoms with Crippen LogP contribution in [0.25, 0.3) is 0 Å². The topological polar surface area (TPSA) is 29.3 Å². The molecule has 0 aliphatic carbocycles.